The van der Waals surface area contributed by atoms with Crippen molar-refractivity contribution in [3.05, 3.63) is 28.2 Å². The van der Waals surface area contributed by atoms with Gasteiger partial charge in [-0.2, -0.15) is 0 Å². The van der Waals surface area contributed by atoms with Crippen molar-refractivity contribution in [2.75, 3.05) is 20.3 Å². The van der Waals surface area contributed by atoms with Crippen molar-refractivity contribution < 1.29 is 9.84 Å². The van der Waals surface area contributed by atoms with Gasteiger partial charge in [0.05, 0.1) is 18.2 Å². The molecule has 14 heavy (non-hydrogen) atoms. The number of halogens is 1. The Balaban J connectivity index is 3.07. The number of rotatable bonds is 4. The predicted octanol–water partition coefficient (Wildman–Crippen LogP) is 1.49. The van der Waals surface area contributed by atoms with E-state index < -0.39 is 0 Å². The summed E-state index contributed by atoms with van der Waals surface area (Å²) in [4.78, 5) is 0. The maximum Gasteiger partial charge on any atom is 0.133 e. The van der Waals surface area contributed by atoms with Gasteiger partial charge in [0.1, 0.15) is 5.75 Å². The Labute approximate surface area is 92.0 Å². The lowest BCUT2D eigenvalue weighted by Gasteiger charge is -2.15. The summed E-state index contributed by atoms with van der Waals surface area (Å²) in [5.41, 5.74) is 6.53. The smallest absolute Gasteiger partial charge is 0.133 e. The van der Waals surface area contributed by atoms with Crippen LogP contribution in [-0.4, -0.2) is 25.4 Å². The second-order valence-corrected chi connectivity index (χ2v) is 3.77. The molecule has 0 aliphatic rings. The summed E-state index contributed by atoms with van der Waals surface area (Å²) in [6, 6.07) is 5.68. The number of aliphatic hydroxyl groups is 1. The lowest BCUT2D eigenvalue weighted by molar-refractivity contribution is 0.267. The van der Waals surface area contributed by atoms with E-state index in [4.69, 9.17) is 15.6 Å². The van der Waals surface area contributed by atoms with Gasteiger partial charge in [-0.25, -0.2) is 0 Å². The second kappa shape index (κ2) is 5.34. The molecule has 0 spiro atoms. The van der Waals surface area contributed by atoms with Gasteiger partial charge in [0.2, 0.25) is 0 Å². The van der Waals surface area contributed by atoms with Crippen molar-refractivity contribution >= 4 is 15.9 Å². The van der Waals surface area contributed by atoms with Crippen LogP contribution < -0.4 is 10.5 Å². The molecule has 3 nitrogen and oxygen atoms in total. The van der Waals surface area contributed by atoms with Crippen LogP contribution in [0.5, 0.6) is 5.75 Å². The topological polar surface area (TPSA) is 55.5 Å². The number of benzene rings is 1. The molecule has 1 unspecified atom stereocenters. The zero-order chi connectivity index (χ0) is 10.6. The SMILES string of the molecule is COc1cccc(C(CN)CO)c1Br. The average molecular weight is 260 g/mol. The monoisotopic (exact) mass is 259 g/mol. The molecule has 1 atom stereocenters. The number of methoxy groups -OCH3 is 1. The van der Waals surface area contributed by atoms with Gasteiger partial charge in [-0.05, 0) is 27.6 Å². The van der Waals surface area contributed by atoms with Gasteiger partial charge >= 0.3 is 0 Å². The highest BCUT2D eigenvalue weighted by Crippen LogP contribution is 2.32. The Kier molecular flexibility index (Phi) is 4.38. The zero-order valence-corrected chi connectivity index (χ0v) is 9.62. The fraction of sp³-hybridized carbons (Fsp3) is 0.400. The number of hydrogen-bond acceptors (Lipinski definition) is 3. The molecule has 0 radical (unpaired) electrons. The minimum absolute atomic E-state index is 0.0422. The highest BCUT2D eigenvalue weighted by molar-refractivity contribution is 9.10. The summed E-state index contributed by atoms with van der Waals surface area (Å²) in [5.74, 6) is 0.717. The van der Waals surface area contributed by atoms with E-state index in [0.717, 1.165) is 15.8 Å². The van der Waals surface area contributed by atoms with E-state index in [1.807, 2.05) is 18.2 Å². The highest BCUT2D eigenvalue weighted by Gasteiger charge is 2.14. The van der Waals surface area contributed by atoms with Crippen LogP contribution in [0.1, 0.15) is 11.5 Å². The predicted molar refractivity (Wildman–Crippen MR) is 59.6 cm³/mol. The lowest BCUT2D eigenvalue weighted by Crippen LogP contribution is -2.16. The number of ether oxygens (including phenoxy) is 1. The molecule has 0 heterocycles. The molecule has 0 saturated carbocycles. The average Bonchev–Trinajstić information content (AvgIpc) is 2.22. The summed E-state index contributed by atoms with van der Waals surface area (Å²) in [6.45, 7) is 0.463. The van der Waals surface area contributed by atoms with Crippen molar-refractivity contribution in [3.63, 3.8) is 0 Å². The molecule has 1 aromatic carbocycles. The standard InChI is InChI=1S/C10H14BrNO2/c1-14-9-4-2-3-8(10(9)11)7(5-12)6-13/h2-4,7,13H,5-6,12H2,1H3. The first kappa shape index (κ1) is 11.5. The third kappa shape index (κ3) is 2.26. The van der Waals surface area contributed by atoms with E-state index in [-0.39, 0.29) is 12.5 Å². The maximum atomic E-state index is 9.13. The van der Waals surface area contributed by atoms with Crippen LogP contribution in [0.4, 0.5) is 0 Å². The molecule has 1 rings (SSSR count). The van der Waals surface area contributed by atoms with Crippen molar-refractivity contribution in [1.29, 1.82) is 0 Å². The molecule has 4 heteroatoms. The molecule has 1 aromatic rings. The number of hydrogen-bond donors (Lipinski definition) is 2. The molecule has 0 bridgehead atoms. The van der Waals surface area contributed by atoms with Crippen LogP contribution in [0.25, 0.3) is 0 Å². The normalized spacial score (nSPS) is 12.6. The zero-order valence-electron chi connectivity index (χ0n) is 8.03. The van der Waals surface area contributed by atoms with E-state index in [0.29, 0.717) is 6.54 Å². The van der Waals surface area contributed by atoms with E-state index in [1.165, 1.54) is 0 Å². The van der Waals surface area contributed by atoms with E-state index in [9.17, 15) is 0 Å². The quantitative estimate of drug-likeness (QED) is 0.862. The maximum absolute atomic E-state index is 9.13. The minimum atomic E-state index is -0.0422. The van der Waals surface area contributed by atoms with Crippen LogP contribution >= 0.6 is 15.9 Å². The fourth-order valence-corrected chi connectivity index (χ4v) is 2.05. The summed E-state index contributed by atoms with van der Waals surface area (Å²) in [5, 5.41) is 9.13. The minimum Gasteiger partial charge on any atom is -0.496 e. The summed E-state index contributed by atoms with van der Waals surface area (Å²) < 4.78 is 6.02. The van der Waals surface area contributed by atoms with Crippen molar-refractivity contribution in [3.8, 4) is 5.75 Å². The van der Waals surface area contributed by atoms with Gasteiger partial charge < -0.3 is 15.6 Å². The van der Waals surface area contributed by atoms with Crippen LogP contribution in [0.3, 0.4) is 0 Å². The van der Waals surface area contributed by atoms with Crippen LogP contribution in [0.15, 0.2) is 22.7 Å². The largest absolute Gasteiger partial charge is 0.496 e. The first-order valence-electron chi connectivity index (χ1n) is 4.38. The Hall–Kier alpha value is -0.580. The van der Waals surface area contributed by atoms with Crippen molar-refractivity contribution in [2.45, 2.75) is 5.92 Å². The van der Waals surface area contributed by atoms with Gasteiger partial charge in [0.25, 0.3) is 0 Å². The molecule has 0 aliphatic heterocycles. The van der Waals surface area contributed by atoms with E-state index >= 15 is 0 Å². The molecular formula is C10H14BrNO2. The third-order valence-electron chi connectivity index (χ3n) is 2.16. The molecule has 0 amide bonds. The van der Waals surface area contributed by atoms with E-state index in [1.54, 1.807) is 7.11 Å². The molecule has 78 valence electrons. The van der Waals surface area contributed by atoms with Crippen LogP contribution in [-0.2, 0) is 0 Å². The first-order chi connectivity index (χ1) is 6.74. The lowest BCUT2D eigenvalue weighted by atomic mass is 10.00. The highest BCUT2D eigenvalue weighted by atomic mass is 79.9. The molecule has 0 fully saturated rings. The molecule has 0 aromatic heterocycles. The number of aliphatic hydroxyl groups excluding tert-OH is 1. The van der Waals surface area contributed by atoms with Gasteiger partial charge in [-0.15, -0.1) is 0 Å². The summed E-state index contributed by atoms with van der Waals surface area (Å²) >= 11 is 3.43. The van der Waals surface area contributed by atoms with Crippen LogP contribution in [0, 0.1) is 0 Å². The molecular weight excluding hydrogens is 246 g/mol. The van der Waals surface area contributed by atoms with Gasteiger partial charge in [0, 0.05) is 12.5 Å². The molecule has 0 aliphatic carbocycles. The third-order valence-corrected chi connectivity index (χ3v) is 3.01. The van der Waals surface area contributed by atoms with Gasteiger partial charge in [0.15, 0.2) is 0 Å². The number of nitrogens with two attached hydrogens (primary N) is 1. The second-order valence-electron chi connectivity index (χ2n) is 2.98. The van der Waals surface area contributed by atoms with Crippen molar-refractivity contribution in [1.82, 2.24) is 0 Å². The first-order valence-corrected chi connectivity index (χ1v) is 5.17. The van der Waals surface area contributed by atoms with Crippen LogP contribution in [0.2, 0.25) is 0 Å². The molecule has 3 N–H and O–H groups in total. The summed E-state index contributed by atoms with van der Waals surface area (Å²) in [6.07, 6.45) is 0. The van der Waals surface area contributed by atoms with E-state index in [2.05, 4.69) is 15.9 Å². The van der Waals surface area contributed by atoms with Gasteiger partial charge in [-0.1, -0.05) is 12.1 Å². The summed E-state index contributed by atoms with van der Waals surface area (Å²) in [7, 11) is 1.61. The Bertz CT molecular complexity index is 300. The Morgan fingerprint density at radius 2 is 2.29 bits per heavy atom. The van der Waals surface area contributed by atoms with Gasteiger partial charge in [-0.3, -0.25) is 0 Å². The fourth-order valence-electron chi connectivity index (χ4n) is 1.30. The van der Waals surface area contributed by atoms with Crippen molar-refractivity contribution in [2.24, 2.45) is 5.73 Å². The Morgan fingerprint density at radius 3 is 2.79 bits per heavy atom. The Morgan fingerprint density at radius 1 is 1.57 bits per heavy atom. The molecule has 0 saturated heterocycles.